The maximum Gasteiger partial charge on any atom is 0.309 e. The highest BCUT2D eigenvalue weighted by Crippen LogP contribution is 2.18. The van der Waals surface area contributed by atoms with Crippen molar-refractivity contribution in [2.45, 2.75) is 32.6 Å². The molecule has 0 aliphatic carbocycles. The van der Waals surface area contributed by atoms with Crippen LogP contribution in [-0.2, 0) is 11.2 Å². The lowest BCUT2D eigenvalue weighted by molar-refractivity contribution is -0.136. The molecule has 0 spiro atoms. The first-order valence-electron chi connectivity index (χ1n) is 5.96. The largest absolute Gasteiger partial charge is 0.481 e. The number of piperidine rings is 1. The average Bonchev–Trinajstić information content (AvgIpc) is 2.28. The van der Waals surface area contributed by atoms with E-state index < -0.39 is 5.97 Å². The summed E-state index contributed by atoms with van der Waals surface area (Å²) in [5.41, 5.74) is 0.588. The van der Waals surface area contributed by atoms with Gasteiger partial charge in [-0.1, -0.05) is 0 Å². The molecule has 5 heteroatoms. The predicted molar refractivity (Wildman–Crippen MR) is 64.2 cm³/mol. The number of rotatable bonds is 3. The Balaban J connectivity index is 2.20. The number of aryl methyl sites for hydroxylation is 1. The number of nitrogens with zero attached hydrogens (tertiary/aromatic N) is 3. The van der Waals surface area contributed by atoms with Crippen molar-refractivity contribution in [1.82, 2.24) is 9.97 Å². The van der Waals surface area contributed by atoms with Crippen molar-refractivity contribution in [2.24, 2.45) is 0 Å². The van der Waals surface area contributed by atoms with E-state index in [1.54, 1.807) is 13.0 Å². The number of carboxylic acids is 1. The molecule has 0 bridgehead atoms. The summed E-state index contributed by atoms with van der Waals surface area (Å²) in [6.07, 6.45) is 3.58. The highest BCUT2D eigenvalue weighted by molar-refractivity contribution is 5.69. The molecular weight excluding hydrogens is 218 g/mol. The molecule has 0 unspecified atom stereocenters. The summed E-state index contributed by atoms with van der Waals surface area (Å²) in [5.74, 6) is 0.658. The minimum atomic E-state index is -0.854. The summed E-state index contributed by atoms with van der Waals surface area (Å²) in [4.78, 5) is 21.4. The molecule has 1 aromatic rings. The van der Waals surface area contributed by atoms with Crippen molar-refractivity contribution >= 4 is 11.8 Å². The third-order valence-corrected chi connectivity index (χ3v) is 2.89. The van der Waals surface area contributed by atoms with Crippen LogP contribution >= 0.6 is 0 Å². The SMILES string of the molecule is Cc1nc(CC(=O)O)cc(N2CCCCC2)n1. The number of aromatic nitrogens is 2. The molecule has 0 atom stereocenters. The zero-order valence-electron chi connectivity index (χ0n) is 10.0. The van der Waals surface area contributed by atoms with Gasteiger partial charge in [-0.15, -0.1) is 0 Å². The van der Waals surface area contributed by atoms with Gasteiger partial charge in [-0.3, -0.25) is 4.79 Å². The lowest BCUT2D eigenvalue weighted by atomic mass is 10.1. The number of aliphatic carboxylic acids is 1. The summed E-state index contributed by atoms with van der Waals surface area (Å²) in [5, 5.41) is 8.79. The Bertz CT molecular complexity index is 414. The zero-order valence-corrected chi connectivity index (χ0v) is 10.0. The van der Waals surface area contributed by atoms with E-state index in [2.05, 4.69) is 14.9 Å². The van der Waals surface area contributed by atoms with E-state index in [0.29, 0.717) is 11.5 Å². The Kier molecular flexibility index (Phi) is 3.56. The van der Waals surface area contributed by atoms with Crippen LogP contribution in [0.25, 0.3) is 0 Å². The second kappa shape index (κ2) is 5.12. The minimum absolute atomic E-state index is 0.0375. The first kappa shape index (κ1) is 11.8. The van der Waals surface area contributed by atoms with Gasteiger partial charge in [0.25, 0.3) is 0 Å². The fraction of sp³-hybridized carbons (Fsp3) is 0.583. The molecule has 0 aromatic carbocycles. The number of hydrogen-bond acceptors (Lipinski definition) is 4. The van der Waals surface area contributed by atoms with Crippen LogP contribution in [0.5, 0.6) is 0 Å². The third-order valence-electron chi connectivity index (χ3n) is 2.89. The van der Waals surface area contributed by atoms with Crippen LogP contribution in [0.1, 0.15) is 30.8 Å². The molecule has 2 rings (SSSR count). The molecule has 17 heavy (non-hydrogen) atoms. The van der Waals surface area contributed by atoms with E-state index in [0.717, 1.165) is 18.9 Å². The van der Waals surface area contributed by atoms with Gasteiger partial charge < -0.3 is 10.0 Å². The molecule has 0 radical (unpaired) electrons. The summed E-state index contributed by atoms with van der Waals surface area (Å²) >= 11 is 0. The predicted octanol–water partition coefficient (Wildman–Crippen LogP) is 1.40. The molecule has 92 valence electrons. The normalized spacial score (nSPS) is 15.9. The molecule has 1 aliphatic rings. The Morgan fingerprint density at radius 2 is 2.06 bits per heavy atom. The van der Waals surface area contributed by atoms with Gasteiger partial charge in [0.05, 0.1) is 12.1 Å². The number of carbonyl (C=O) groups is 1. The maximum absolute atomic E-state index is 10.7. The Labute approximate surface area is 100 Å². The maximum atomic E-state index is 10.7. The Morgan fingerprint density at radius 1 is 1.35 bits per heavy atom. The molecule has 0 saturated carbocycles. The van der Waals surface area contributed by atoms with Crippen LogP contribution in [0.3, 0.4) is 0 Å². The summed E-state index contributed by atoms with van der Waals surface area (Å²) < 4.78 is 0. The topological polar surface area (TPSA) is 66.3 Å². The summed E-state index contributed by atoms with van der Waals surface area (Å²) in [6, 6.07) is 1.80. The molecule has 2 heterocycles. The van der Waals surface area contributed by atoms with Gasteiger partial charge >= 0.3 is 5.97 Å². The quantitative estimate of drug-likeness (QED) is 0.857. The van der Waals surface area contributed by atoms with Crippen molar-refractivity contribution in [3.05, 3.63) is 17.6 Å². The first-order chi connectivity index (χ1) is 8.15. The number of hydrogen-bond donors (Lipinski definition) is 1. The second-order valence-corrected chi connectivity index (χ2v) is 4.38. The van der Waals surface area contributed by atoms with E-state index in [1.165, 1.54) is 19.3 Å². The van der Waals surface area contributed by atoms with Crippen LogP contribution < -0.4 is 4.90 Å². The smallest absolute Gasteiger partial charge is 0.309 e. The minimum Gasteiger partial charge on any atom is -0.481 e. The molecule has 5 nitrogen and oxygen atoms in total. The number of carboxylic acid groups (broad SMARTS) is 1. The van der Waals surface area contributed by atoms with Gasteiger partial charge in [-0.25, -0.2) is 9.97 Å². The van der Waals surface area contributed by atoms with Crippen LogP contribution in [0.2, 0.25) is 0 Å². The van der Waals surface area contributed by atoms with E-state index in [4.69, 9.17) is 5.11 Å². The molecule has 1 aromatic heterocycles. The van der Waals surface area contributed by atoms with Gasteiger partial charge in [-0.2, -0.15) is 0 Å². The highest BCUT2D eigenvalue weighted by atomic mass is 16.4. The van der Waals surface area contributed by atoms with Crippen molar-refractivity contribution in [3.8, 4) is 0 Å². The monoisotopic (exact) mass is 235 g/mol. The van der Waals surface area contributed by atoms with Gasteiger partial charge in [0.15, 0.2) is 0 Å². The lowest BCUT2D eigenvalue weighted by Crippen LogP contribution is -2.30. The zero-order chi connectivity index (χ0) is 12.3. The van der Waals surface area contributed by atoms with Crippen LogP contribution in [-0.4, -0.2) is 34.1 Å². The van der Waals surface area contributed by atoms with Gasteiger partial charge in [0, 0.05) is 19.2 Å². The Morgan fingerprint density at radius 3 is 2.71 bits per heavy atom. The van der Waals surface area contributed by atoms with Crippen LogP contribution in [0.4, 0.5) is 5.82 Å². The van der Waals surface area contributed by atoms with Gasteiger partial charge in [-0.05, 0) is 26.2 Å². The average molecular weight is 235 g/mol. The first-order valence-corrected chi connectivity index (χ1v) is 5.96. The van der Waals surface area contributed by atoms with Crippen LogP contribution in [0.15, 0.2) is 6.07 Å². The number of anilines is 1. The summed E-state index contributed by atoms with van der Waals surface area (Å²) in [6.45, 7) is 3.81. The van der Waals surface area contributed by atoms with E-state index >= 15 is 0 Å². The summed E-state index contributed by atoms with van der Waals surface area (Å²) in [7, 11) is 0. The lowest BCUT2D eigenvalue weighted by Gasteiger charge is -2.28. The van der Waals surface area contributed by atoms with E-state index in [-0.39, 0.29) is 6.42 Å². The van der Waals surface area contributed by atoms with Crippen molar-refractivity contribution < 1.29 is 9.90 Å². The fourth-order valence-corrected chi connectivity index (χ4v) is 2.14. The Hall–Kier alpha value is -1.65. The van der Waals surface area contributed by atoms with E-state index in [9.17, 15) is 4.79 Å². The van der Waals surface area contributed by atoms with Gasteiger partial charge in [0.1, 0.15) is 11.6 Å². The van der Waals surface area contributed by atoms with Crippen molar-refractivity contribution in [3.63, 3.8) is 0 Å². The molecule has 1 aliphatic heterocycles. The third kappa shape index (κ3) is 3.15. The van der Waals surface area contributed by atoms with Gasteiger partial charge in [0.2, 0.25) is 0 Å². The molecule has 1 N–H and O–H groups in total. The van der Waals surface area contributed by atoms with Crippen LogP contribution in [0, 0.1) is 6.92 Å². The van der Waals surface area contributed by atoms with Crippen molar-refractivity contribution in [2.75, 3.05) is 18.0 Å². The molecule has 1 fully saturated rings. The molecular formula is C12H17N3O2. The molecule has 1 saturated heterocycles. The van der Waals surface area contributed by atoms with Crippen molar-refractivity contribution in [1.29, 1.82) is 0 Å². The standard InChI is InChI=1S/C12H17N3O2/c1-9-13-10(8-12(16)17)7-11(14-9)15-5-3-2-4-6-15/h7H,2-6,8H2,1H3,(H,16,17). The fourth-order valence-electron chi connectivity index (χ4n) is 2.14. The highest BCUT2D eigenvalue weighted by Gasteiger charge is 2.14. The molecule has 0 amide bonds. The second-order valence-electron chi connectivity index (χ2n) is 4.38. The van der Waals surface area contributed by atoms with E-state index in [1.807, 2.05) is 0 Å².